The van der Waals surface area contributed by atoms with Gasteiger partial charge in [-0.05, 0) is 56.0 Å². The highest BCUT2D eigenvalue weighted by Crippen LogP contribution is 2.33. The lowest BCUT2D eigenvalue weighted by atomic mass is 10.1. The molecule has 1 aliphatic rings. The lowest BCUT2D eigenvalue weighted by molar-refractivity contribution is 0.464. The van der Waals surface area contributed by atoms with Crippen molar-refractivity contribution in [2.75, 3.05) is 0 Å². The van der Waals surface area contributed by atoms with Gasteiger partial charge in [0.2, 0.25) is 0 Å². The number of benzene rings is 1. The normalized spacial score (nSPS) is 14.2. The topological polar surface area (TPSA) is 34.1 Å². The molecule has 3 rings (SSSR count). The van der Waals surface area contributed by atoms with Crippen molar-refractivity contribution in [1.29, 1.82) is 0 Å². The van der Waals surface area contributed by atoms with Crippen molar-refractivity contribution in [1.82, 2.24) is 10.3 Å². The Kier molecular flexibility index (Phi) is 4.13. The van der Waals surface area contributed by atoms with Gasteiger partial charge in [-0.2, -0.15) is 0 Å². The first-order chi connectivity index (χ1) is 10.1. The predicted molar refractivity (Wildman–Crippen MR) is 85.1 cm³/mol. The number of hydrogen-bond donors (Lipinski definition) is 1. The van der Waals surface area contributed by atoms with Crippen LogP contribution >= 0.6 is 11.6 Å². The van der Waals surface area contributed by atoms with Crippen molar-refractivity contribution in [2.45, 2.75) is 39.3 Å². The Morgan fingerprint density at radius 3 is 2.67 bits per heavy atom. The highest BCUT2D eigenvalue weighted by atomic mass is 35.5. The molecule has 4 heteroatoms. The molecule has 0 bridgehead atoms. The standard InChI is InChI=1S/C17H19ClN2O/c1-11-7-14(18)8-12(2)17(11)21-16-5-6-19-9-13(16)10-20-15-3-4-15/h5-9,15,20H,3-4,10H2,1-2H3. The first-order valence-electron chi connectivity index (χ1n) is 7.24. The maximum absolute atomic E-state index is 6.14. The Labute approximate surface area is 130 Å². The van der Waals surface area contributed by atoms with Gasteiger partial charge in [-0.25, -0.2) is 0 Å². The molecule has 0 atom stereocenters. The molecule has 3 nitrogen and oxygen atoms in total. The van der Waals surface area contributed by atoms with Crippen LogP contribution in [0.15, 0.2) is 30.6 Å². The number of rotatable bonds is 5. The number of nitrogens with zero attached hydrogens (tertiary/aromatic N) is 1. The predicted octanol–water partition coefficient (Wildman–Crippen LogP) is 4.40. The molecule has 0 saturated heterocycles. The van der Waals surface area contributed by atoms with Crippen molar-refractivity contribution in [3.63, 3.8) is 0 Å². The fourth-order valence-corrected chi connectivity index (χ4v) is 2.68. The van der Waals surface area contributed by atoms with Crippen LogP contribution in [-0.4, -0.2) is 11.0 Å². The van der Waals surface area contributed by atoms with Crippen molar-refractivity contribution >= 4 is 11.6 Å². The lowest BCUT2D eigenvalue weighted by Crippen LogP contribution is -2.16. The first kappa shape index (κ1) is 14.4. The van der Waals surface area contributed by atoms with Crippen LogP contribution in [0.3, 0.4) is 0 Å². The second-order valence-corrected chi connectivity index (χ2v) is 6.05. The fraction of sp³-hybridized carbons (Fsp3) is 0.353. The van der Waals surface area contributed by atoms with Gasteiger partial charge in [-0.15, -0.1) is 0 Å². The molecule has 0 aliphatic heterocycles. The van der Waals surface area contributed by atoms with Gasteiger partial charge in [0.15, 0.2) is 0 Å². The summed E-state index contributed by atoms with van der Waals surface area (Å²) in [6.45, 7) is 4.81. The maximum Gasteiger partial charge on any atom is 0.135 e. The van der Waals surface area contributed by atoms with Gasteiger partial charge in [0.25, 0.3) is 0 Å². The summed E-state index contributed by atoms with van der Waals surface area (Å²) >= 11 is 6.07. The molecule has 0 radical (unpaired) electrons. The van der Waals surface area contributed by atoms with Gasteiger partial charge >= 0.3 is 0 Å². The van der Waals surface area contributed by atoms with Crippen LogP contribution in [0, 0.1) is 13.8 Å². The summed E-state index contributed by atoms with van der Waals surface area (Å²) in [7, 11) is 0. The minimum atomic E-state index is 0.664. The Morgan fingerprint density at radius 1 is 1.29 bits per heavy atom. The zero-order valence-electron chi connectivity index (χ0n) is 12.3. The Bertz CT molecular complexity index is 630. The molecule has 21 heavy (non-hydrogen) atoms. The van der Waals surface area contributed by atoms with E-state index in [0.29, 0.717) is 6.04 Å². The van der Waals surface area contributed by atoms with E-state index in [4.69, 9.17) is 16.3 Å². The Hall–Kier alpha value is -1.58. The number of pyridine rings is 1. The molecule has 1 aliphatic carbocycles. The van der Waals surface area contributed by atoms with E-state index in [1.807, 2.05) is 38.2 Å². The lowest BCUT2D eigenvalue weighted by Gasteiger charge is -2.15. The largest absolute Gasteiger partial charge is 0.456 e. The van der Waals surface area contributed by atoms with Crippen molar-refractivity contribution < 1.29 is 4.74 Å². The SMILES string of the molecule is Cc1cc(Cl)cc(C)c1Oc1ccncc1CNC1CC1. The zero-order chi connectivity index (χ0) is 14.8. The summed E-state index contributed by atoms with van der Waals surface area (Å²) in [4.78, 5) is 4.20. The summed E-state index contributed by atoms with van der Waals surface area (Å²) in [5.41, 5.74) is 3.16. The van der Waals surface area contributed by atoms with Gasteiger partial charge in [-0.3, -0.25) is 4.98 Å². The van der Waals surface area contributed by atoms with Crippen LogP contribution in [-0.2, 0) is 6.54 Å². The van der Waals surface area contributed by atoms with E-state index in [1.54, 1.807) is 6.20 Å². The van der Waals surface area contributed by atoms with Crippen LogP contribution in [0.1, 0.15) is 29.5 Å². The number of nitrogens with one attached hydrogen (secondary N) is 1. The van der Waals surface area contributed by atoms with Crippen LogP contribution in [0.4, 0.5) is 0 Å². The van der Waals surface area contributed by atoms with E-state index < -0.39 is 0 Å². The second-order valence-electron chi connectivity index (χ2n) is 5.61. The monoisotopic (exact) mass is 302 g/mol. The molecule has 0 unspecified atom stereocenters. The molecule has 1 aromatic heterocycles. The third kappa shape index (κ3) is 3.55. The smallest absolute Gasteiger partial charge is 0.135 e. The van der Waals surface area contributed by atoms with Crippen LogP contribution < -0.4 is 10.1 Å². The Balaban J connectivity index is 1.84. The minimum Gasteiger partial charge on any atom is -0.456 e. The molecule has 1 N–H and O–H groups in total. The highest BCUT2D eigenvalue weighted by Gasteiger charge is 2.21. The first-order valence-corrected chi connectivity index (χ1v) is 7.62. The molecule has 110 valence electrons. The van der Waals surface area contributed by atoms with E-state index in [0.717, 1.165) is 39.8 Å². The average molecular weight is 303 g/mol. The molecular formula is C17H19ClN2O. The summed E-state index contributed by atoms with van der Waals surface area (Å²) in [5.74, 6) is 1.73. The molecule has 0 amide bonds. The third-order valence-corrected chi connectivity index (χ3v) is 3.87. The zero-order valence-corrected chi connectivity index (χ0v) is 13.1. The van der Waals surface area contributed by atoms with Crippen LogP contribution in [0.5, 0.6) is 11.5 Å². The fourth-order valence-electron chi connectivity index (χ4n) is 2.36. The molecule has 1 saturated carbocycles. The van der Waals surface area contributed by atoms with E-state index >= 15 is 0 Å². The molecule has 1 aromatic carbocycles. The molecule has 1 fully saturated rings. The van der Waals surface area contributed by atoms with E-state index in [2.05, 4.69) is 10.3 Å². The number of aromatic nitrogens is 1. The van der Waals surface area contributed by atoms with Crippen LogP contribution in [0.25, 0.3) is 0 Å². The summed E-state index contributed by atoms with van der Waals surface area (Å²) in [6, 6.07) is 6.43. The Morgan fingerprint density at radius 2 is 2.00 bits per heavy atom. The van der Waals surface area contributed by atoms with E-state index in [1.165, 1.54) is 12.8 Å². The summed E-state index contributed by atoms with van der Waals surface area (Å²) in [6.07, 6.45) is 6.17. The average Bonchev–Trinajstić information content (AvgIpc) is 3.25. The van der Waals surface area contributed by atoms with Gasteiger partial charge in [-0.1, -0.05) is 11.6 Å². The third-order valence-electron chi connectivity index (χ3n) is 3.65. The number of aryl methyl sites for hydroxylation is 2. The number of halogens is 1. The van der Waals surface area contributed by atoms with Gasteiger partial charge in [0.05, 0.1) is 0 Å². The minimum absolute atomic E-state index is 0.664. The molecule has 1 heterocycles. The number of ether oxygens (including phenoxy) is 1. The molecule has 0 spiro atoms. The molecule has 2 aromatic rings. The van der Waals surface area contributed by atoms with Crippen molar-refractivity contribution in [2.24, 2.45) is 0 Å². The van der Waals surface area contributed by atoms with Gasteiger partial charge < -0.3 is 10.1 Å². The quantitative estimate of drug-likeness (QED) is 0.889. The highest BCUT2D eigenvalue weighted by molar-refractivity contribution is 6.30. The summed E-state index contributed by atoms with van der Waals surface area (Å²) in [5, 5.41) is 4.23. The van der Waals surface area contributed by atoms with Crippen LogP contribution in [0.2, 0.25) is 5.02 Å². The summed E-state index contributed by atoms with van der Waals surface area (Å²) < 4.78 is 6.14. The van der Waals surface area contributed by atoms with Gasteiger partial charge in [0.1, 0.15) is 11.5 Å². The second kappa shape index (κ2) is 6.04. The number of hydrogen-bond acceptors (Lipinski definition) is 3. The molecular weight excluding hydrogens is 284 g/mol. The van der Waals surface area contributed by atoms with E-state index in [-0.39, 0.29) is 0 Å². The maximum atomic E-state index is 6.14. The van der Waals surface area contributed by atoms with Crippen molar-refractivity contribution in [3.05, 3.63) is 52.3 Å². The van der Waals surface area contributed by atoms with Gasteiger partial charge in [0, 0.05) is 35.6 Å². The van der Waals surface area contributed by atoms with E-state index in [9.17, 15) is 0 Å². The van der Waals surface area contributed by atoms with Crippen molar-refractivity contribution in [3.8, 4) is 11.5 Å².